The number of hydrogen-bond acceptors (Lipinski definition) is 3. The van der Waals surface area contributed by atoms with Crippen molar-refractivity contribution in [3.8, 4) is 5.75 Å². The van der Waals surface area contributed by atoms with Crippen LogP contribution < -0.4 is 10.1 Å². The lowest BCUT2D eigenvalue weighted by molar-refractivity contribution is -0.132. The molecule has 1 rings (SSSR count). The van der Waals surface area contributed by atoms with Gasteiger partial charge in [0.2, 0.25) is 0 Å². The van der Waals surface area contributed by atoms with Gasteiger partial charge in [-0.25, -0.2) is 4.79 Å². The quantitative estimate of drug-likeness (QED) is 0.678. The zero-order valence-corrected chi connectivity index (χ0v) is 15.4. The van der Waals surface area contributed by atoms with E-state index in [1.807, 2.05) is 6.92 Å². The van der Waals surface area contributed by atoms with Crippen molar-refractivity contribution < 1.29 is 19.4 Å². The van der Waals surface area contributed by atoms with Gasteiger partial charge in [-0.05, 0) is 38.5 Å². The summed E-state index contributed by atoms with van der Waals surface area (Å²) in [4.78, 5) is 22.9. The van der Waals surface area contributed by atoms with Gasteiger partial charge in [0.05, 0.1) is 5.54 Å². The van der Waals surface area contributed by atoms with Gasteiger partial charge >= 0.3 is 5.97 Å². The van der Waals surface area contributed by atoms with Crippen molar-refractivity contribution in [3.05, 3.63) is 39.8 Å². The molecule has 0 saturated carbocycles. The average Bonchev–Trinajstić information content (AvgIpc) is 2.41. The fraction of sp³-hybridized carbons (Fsp3) is 0.375. The Kier molecular flexibility index (Phi) is 7.09. The molecular weight excluding hydrogens is 386 g/mol. The summed E-state index contributed by atoms with van der Waals surface area (Å²) in [6.07, 6.45) is 2.15. The Balaban J connectivity index is 2.80. The van der Waals surface area contributed by atoms with Crippen molar-refractivity contribution in [2.75, 3.05) is 0 Å². The number of aliphatic carboxylic acids is 1. The van der Waals surface area contributed by atoms with Crippen molar-refractivity contribution in [2.45, 2.75) is 38.8 Å². The van der Waals surface area contributed by atoms with Gasteiger partial charge in [-0.15, -0.1) is 0 Å². The number of nitrogens with one attached hydrogen (secondary N) is 1. The number of carbonyl (C=O) groups excluding carboxylic acids is 1. The molecule has 1 aromatic rings. The van der Waals surface area contributed by atoms with Crippen LogP contribution in [0.1, 0.15) is 27.2 Å². The zero-order chi connectivity index (χ0) is 17.6. The van der Waals surface area contributed by atoms with Crippen LogP contribution in [-0.2, 0) is 9.59 Å². The number of carbonyl (C=O) groups is 2. The van der Waals surface area contributed by atoms with Gasteiger partial charge < -0.3 is 15.2 Å². The van der Waals surface area contributed by atoms with Crippen LogP contribution in [-0.4, -0.2) is 28.6 Å². The normalized spacial score (nSPS) is 12.9. The topological polar surface area (TPSA) is 75.6 Å². The SMILES string of the molecule is CC[C@H](Oc1cc(Cl)cc(Br)c1)C(=O)NC(C)(C)/C=C/C(=O)O. The number of halogens is 2. The van der Waals surface area contributed by atoms with E-state index in [9.17, 15) is 9.59 Å². The highest BCUT2D eigenvalue weighted by Gasteiger charge is 2.24. The number of rotatable bonds is 7. The molecule has 0 aliphatic rings. The molecule has 0 aliphatic heterocycles. The highest BCUT2D eigenvalue weighted by atomic mass is 79.9. The van der Waals surface area contributed by atoms with E-state index in [4.69, 9.17) is 21.4 Å². The minimum atomic E-state index is -1.07. The van der Waals surface area contributed by atoms with Gasteiger partial charge in [-0.3, -0.25) is 4.79 Å². The second-order valence-corrected chi connectivity index (χ2v) is 6.85. The second kappa shape index (κ2) is 8.36. The molecule has 0 bridgehead atoms. The summed E-state index contributed by atoms with van der Waals surface area (Å²) in [5.41, 5.74) is -0.804. The van der Waals surface area contributed by atoms with E-state index >= 15 is 0 Å². The second-order valence-electron chi connectivity index (χ2n) is 5.50. The Labute approximate surface area is 148 Å². The minimum Gasteiger partial charge on any atom is -0.481 e. The van der Waals surface area contributed by atoms with Crippen LogP contribution in [0.15, 0.2) is 34.8 Å². The van der Waals surface area contributed by atoms with Gasteiger partial charge in [0, 0.05) is 15.6 Å². The van der Waals surface area contributed by atoms with Crippen LogP contribution in [0.2, 0.25) is 5.02 Å². The molecular formula is C16H19BrClNO4. The van der Waals surface area contributed by atoms with Crippen molar-refractivity contribution >= 4 is 39.4 Å². The fourth-order valence-corrected chi connectivity index (χ4v) is 2.63. The highest BCUT2D eigenvalue weighted by molar-refractivity contribution is 9.10. The molecule has 0 saturated heterocycles. The van der Waals surface area contributed by atoms with Gasteiger partial charge in [0.1, 0.15) is 5.75 Å². The lowest BCUT2D eigenvalue weighted by Crippen LogP contribution is -2.48. The first-order valence-electron chi connectivity index (χ1n) is 7.00. The number of hydrogen-bond donors (Lipinski definition) is 2. The van der Waals surface area contributed by atoms with E-state index in [1.165, 1.54) is 6.08 Å². The molecule has 0 radical (unpaired) electrons. The Morgan fingerprint density at radius 1 is 1.43 bits per heavy atom. The summed E-state index contributed by atoms with van der Waals surface area (Å²) in [6, 6.07) is 5.06. The molecule has 1 aromatic carbocycles. The molecule has 0 spiro atoms. The largest absolute Gasteiger partial charge is 0.481 e. The van der Waals surface area contributed by atoms with Gasteiger partial charge in [-0.1, -0.05) is 40.5 Å². The fourth-order valence-electron chi connectivity index (χ4n) is 1.80. The first-order valence-corrected chi connectivity index (χ1v) is 8.17. The van der Waals surface area contributed by atoms with Crippen LogP contribution in [0, 0.1) is 0 Å². The smallest absolute Gasteiger partial charge is 0.328 e. The third kappa shape index (κ3) is 7.05. The summed E-state index contributed by atoms with van der Waals surface area (Å²) in [5, 5.41) is 11.9. The molecule has 23 heavy (non-hydrogen) atoms. The average molecular weight is 405 g/mol. The molecule has 0 aliphatic carbocycles. The van der Waals surface area contributed by atoms with Crippen LogP contribution in [0.4, 0.5) is 0 Å². The Morgan fingerprint density at radius 2 is 2.09 bits per heavy atom. The number of amides is 1. The number of ether oxygens (including phenoxy) is 1. The lowest BCUT2D eigenvalue weighted by atomic mass is 10.0. The van der Waals surface area contributed by atoms with E-state index in [-0.39, 0.29) is 5.91 Å². The van der Waals surface area contributed by atoms with E-state index in [0.29, 0.717) is 17.2 Å². The van der Waals surface area contributed by atoms with Crippen molar-refractivity contribution in [3.63, 3.8) is 0 Å². The van der Waals surface area contributed by atoms with Crippen molar-refractivity contribution in [2.24, 2.45) is 0 Å². The summed E-state index contributed by atoms with van der Waals surface area (Å²) in [5.74, 6) is -0.923. The Hall–Kier alpha value is -1.53. The maximum Gasteiger partial charge on any atom is 0.328 e. The summed E-state index contributed by atoms with van der Waals surface area (Å²) < 4.78 is 6.44. The van der Waals surface area contributed by atoms with E-state index in [0.717, 1.165) is 10.5 Å². The van der Waals surface area contributed by atoms with Gasteiger partial charge in [-0.2, -0.15) is 0 Å². The highest BCUT2D eigenvalue weighted by Crippen LogP contribution is 2.25. The third-order valence-electron chi connectivity index (χ3n) is 2.87. The summed E-state index contributed by atoms with van der Waals surface area (Å²) in [6.45, 7) is 5.23. The summed E-state index contributed by atoms with van der Waals surface area (Å²) in [7, 11) is 0. The molecule has 7 heteroatoms. The molecule has 1 atom stereocenters. The number of benzene rings is 1. The molecule has 0 aromatic heterocycles. The summed E-state index contributed by atoms with van der Waals surface area (Å²) >= 11 is 9.27. The third-order valence-corrected chi connectivity index (χ3v) is 3.54. The maximum atomic E-state index is 12.3. The lowest BCUT2D eigenvalue weighted by Gasteiger charge is -2.26. The van der Waals surface area contributed by atoms with E-state index in [1.54, 1.807) is 32.0 Å². The van der Waals surface area contributed by atoms with Crippen LogP contribution in [0.25, 0.3) is 0 Å². The maximum absolute atomic E-state index is 12.3. The van der Waals surface area contributed by atoms with Gasteiger partial charge in [0.25, 0.3) is 5.91 Å². The predicted octanol–water partition coefficient (Wildman–Crippen LogP) is 3.80. The number of carboxylic acid groups (broad SMARTS) is 1. The minimum absolute atomic E-state index is 0.330. The molecule has 2 N–H and O–H groups in total. The molecule has 0 fully saturated rings. The van der Waals surface area contributed by atoms with E-state index < -0.39 is 17.6 Å². The first-order chi connectivity index (χ1) is 10.6. The first kappa shape index (κ1) is 19.5. The van der Waals surface area contributed by atoms with Crippen LogP contribution in [0.3, 0.4) is 0 Å². The Morgan fingerprint density at radius 3 is 2.61 bits per heavy atom. The number of carboxylic acids is 1. The van der Waals surface area contributed by atoms with Crippen molar-refractivity contribution in [1.82, 2.24) is 5.32 Å². The molecule has 0 unspecified atom stereocenters. The van der Waals surface area contributed by atoms with Crippen LogP contribution >= 0.6 is 27.5 Å². The zero-order valence-electron chi connectivity index (χ0n) is 13.1. The van der Waals surface area contributed by atoms with Crippen LogP contribution in [0.5, 0.6) is 5.75 Å². The monoisotopic (exact) mass is 403 g/mol. The Bertz CT molecular complexity index is 596. The van der Waals surface area contributed by atoms with Crippen molar-refractivity contribution in [1.29, 1.82) is 0 Å². The van der Waals surface area contributed by atoms with Gasteiger partial charge in [0.15, 0.2) is 6.10 Å². The predicted molar refractivity (Wildman–Crippen MR) is 92.9 cm³/mol. The molecule has 5 nitrogen and oxygen atoms in total. The molecule has 126 valence electrons. The van der Waals surface area contributed by atoms with E-state index in [2.05, 4.69) is 21.2 Å². The molecule has 0 heterocycles. The standard InChI is InChI=1S/C16H19BrClNO4/c1-4-13(23-12-8-10(17)7-11(18)9-12)15(22)19-16(2,3)6-5-14(20)21/h5-9,13H,4H2,1-3H3,(H,19,22)(H,20,21)/b6-5+/t13-/m0/s1. The molecule has 1 amide bonds.